The van der Waals surface area contributed by atoms with Crippen molar-refractivity contribution in [2.45, 2.75) is 13.3 Å². The first-order chi connectivity index (χ1) is 8.24. The highest BCUT2D eigenvalue weighted by atomic mass is 35.5. The Kier molecular flexibility index (Phi) is 2.97. The molecule has 0 unspecified atom stereocenters. The zero-order chi connectivity index (χ0) is 11.8. The molecule has 3 nitrogen and oxygen atoms in total. The number of anilines is 1. The van der Waals surface area contributed by atoms with Crippen LogP contribution in [0.15, 0.2) is 12.3 Å². The molecule has 2 saturated heterocycles. The van der Waals surface area contributed by atoms with Crippen LogP contribution in [-0.2, 0) is 0 Å². The Morgan fingerprint density at radius 2 is 2.24 bits per heavy atom. The van der Waals surface area contributed by atoms with Gasteiger partial charge in [-0.25, -0.2) is 4.98 Å². The Labute approximate surface area is 107 Å². The van der Waals surface area contributed by atoms with Crippen LogP contribution in [0.2, 0.25) is 5.15 Å². The molecule has 3 heterocycles. The van der Waals surface area contributed by atoms with E-state index in [9.17, 15) is 0 Å². The number of pyridine rings is 1. The van der Waals surface area contributed by atoms with Gasteiger partial charge in [-0.2, -0.15) is 0 Å². The molecule has 2 aliphatic rings. The van der Waals surface area contributed by atoms with Gasteiger partial charge < -0.3 is 10.2 Å². The standard InChI is InChI=1S/C13H18ClN3/c1-9-4-12(7-16-13(9)14)17-3-2-10-5-15-6-11(10)8-17/h4,7,10-11,15H,2-3,5-6,8H2,1H3/t10-,11-/m1/s1. The summed E-state index contributed by atoms with van der Waals surface area (Å²) < 4.78 is 0. The van der Waals surface area contributed by atoms with Crippen LogP contribution < -0.4 is 10.2 Å². The van der Waals surface area contributed by atoms with Crippen molar-refractivity contribution in [3.63, 3.8) is 0 Å². The molecule has 2 atom stereocenters. The van der Waals surface area contributed by atoms with E-state index in [-0.39, 0.29) is 0 Å². The van der Waals surface area contributed by atoms with Gasteiger partial charge in [0.25, 0.3) is 0 Å². The maximum Gasteiger partial charge on any atom is 0.132 e. The topological polar surface area (TPSA) is 28.2 Å². The van der Waals surface area contributed by atoms with Crippen LogP contribution in [0.3, 0.4) is 0 Å². The van der Waals surface area contributed by atoms with Gasteiger partial charge in [-0.3, -0.25) is 0 Å². The number of hydrogen-bond acceptors (Lipinski definition) is 3. The van der Waals surface area contributed by atoms with Gasteiger partial charge in [0.1, 0.15) is 5.15 Å². The molecule has 0 aliphatic carbocycles. The molecule has 2 aliphatic heterocycles. The van der Waals surface area contributed by atoms with E-state index in [4.69, 9.17) is 11.6 Å². The van der Waals surface area contributed by atoms with E-state index < -0.39 is 0 Å². The predicted octanol–water partition coefficient (Wildman–Crippen LogP) is 2.09. The van der Waals surface area contributed by atoms with E-state index in [2.05, 4.69) is 21.3 Å². The average Bonchev–Trinajstić information content (AvgIpc) is 2.79. The van der Waals surface area contributed by atoms with E-state index in [0.717, 1.165) is 30.5 Å². The molecule has 0 saturated carbocycles. The lowest BCUT2D eigenvalue weighted by atomic mass is 9.88. The summed E-state index contributed by atoms with van der Waals surface area (Å²) in [6.07, 6.45) is 3.19. The number of piperidine rings is 1. The van der Waals surface area contributed by atoms with Gasteiger partial charge >= 0.3 is 0 Å². The summed E-state index contributed by atoms with van der Waals surface area (Å²) in [5, 5.41) is 4.11. The second kappa shape index (κ2) is 4.46. The molecule has 4 heteroatoms. The molecule has 3 rings (SSSR count). The number of fused-ring (bicyclic) bond motifs is 1. The van der Waals surface area contributed by atoms with E-state index in [1.807, 2.05) is 13.1 Å². The van der Waals surface area contributed by atoms with Crippen molar-refractivity contribution in [3.05, 3.63) is 23.0 Å². The number of halogens is 1. The van der Waals surface area contributed by atoms with Crippen LogP contribution in [0.4, 0.5) is 5.69 Å². The van der Waals surface area contributed by atoms with Crippen molar-refractivity contribution in [2.24, 2.45) is 11.8 Å². The molecule has 0 bridgehead atoms. The van der Waals surface area contributed by atoms with E-state index in [1.165, 1.54) is 25.2 Å². The minimum Gasteiger partial charge on any atom is -0.370 e. The summed E-state index contributed by atoms with van der Waals surface area (Å²) in [6.45, 7) is 6.69. The number of hydrogen-bond donors (Lipinski definition) is 1. The van der Waals surface area contributed by atoms with Crippen LogP contribution in [0.25, 0.3) is 0 Å². The second-order valence-corrected chi connectivity index (χ2v) is 5.57. The Balaban J connectivity index is 1.78. The first-order valence-electron chi connectivity index (χ1n) is 6.32. The van der Waals surface area contributed by atoms with Gasteiger partial charge in [0.05, 0.1) is 11.9 Å². The minimum atomic E-state index is 0.617. The molecule has 1 N–H and O–H groups in total. The van der Waals surface area contributed by atoms with Crippen LogP contribution >= 0.6 is 11.6 Å². The molecule has 1 aromatic heterocycles. The van der Waals surface area contributed by atoms with Crippen LogP contribution in [-0.4, -0.2) is 31.2 Å². The summed E-state index contributed by atoms with van der Waals surface area (Å²) in [6, 6.07) is 2.15. The monoisotopic (exact) mass is 251 g/mol. The van der Waals surface area contributed by atoms with E-state index in [1.54, 1.807) is 0 Å². The van der Waals surface area contributed by atoms with Crippen molar-refractivity contribution in [2.75, 3.05) is 31.1 Å². The first-order valence-corrected chi connectivity index (χ1v) is 6.69. The molecular formula is C13H18ClN3. The molecule has 17 heavy (non-hydrogen) atoms. The minimum absolute atomic E-state index is 0.617. The maximum absolute atomic E-state index is 5.97. The molecule has 0 spiro atoms. The normalized spacial score (nSPS) is 28.2. The Bertz CT molecular complexity index is 421. The zero-order valence-corrected chi connectivity index (χ0v) is 10.9. The molecule has 0 aromatic carbocycles. The van der Waals surface area contributed by atoms with Gasteiger partial charge in [0.15, 0.2) is 0 Å². The molecule has 0 amide bonds. The lowest BCUT2D eigenvalue weighted by molar-refractivity contribution is 0.349. The van der Waals surface area contributed by atoms with Crippen molar-refractivity contribution < 1.29 is 0 Å². The highest BCUT2D eigenvalue weighted by Gasteiger charge is 2.32. The predicted molar refractivity (Wildman–Crippen MR) is 70.7 cm³/mol. The largest absolute Gasteiger partial charge is 0.370 e. The average molecular weight is 252 g/mol. The summed E-state index contributed by atoms with van der Waals surface area (Å²) in [5.41, 5.74) is 2.29. The number of nitrogens with zero attached hydrogens (tertiary/aromatic N) is 2. The van der Waals surface area contributed by atoms with Crippen molar-refractivity contribution in [1.82, 2.24) is 10.3 Å². The van der Waals surface area contributed by atoms with Crippen LogP contribution in [0.5, 0.6) is 0 Å². The highest BCUT2D eigenvalue weighted by Crippen LogP contribution is 2.30. The van der Waals surface area contributed by atoms with E-state index >= 15 is 0 Å². The quantitative estimate of drug-likeness (QED) is 0.775. The lowest BCUT2D eigenvalue weighted by Crippen LogP contribution is -2.40. The van der Waals surface area contributed by atoms with Crippen molar-refractivity contribution in [3.8, 4) is 0 Å². The lowest BCUT2D eigenvalue weighted by Gasteiger charge is -2.36. The number of aryl methyl sites for hydroxylation is 1. The Morgan fingerprint density at radius 1 is 1.41 bits per heavy atom. The third kappa shape index (κ3) is 2.14. The molecular weight excluding hydrogens is 234 g/mol. The van der Waals surface area contributed by atoms with Crippen molar-refractivity contribution in [1.29, 1.82) is 0 Å². The summed E-state index contributed by atoms with van der Waals surface area (Å²) in [4.78, 5) is 6.70. The van der Waals surface area contributed by atoms with Crippen LogP contribution in [0, 0.1) is 18.8 Å². The fourth-order valence-electron chi connectivity index (χ4n) is 2.99. The number of rotatable bonds is 1. The second-order valence-electron chi connectivity index (χ2n) is 5.21. The fraction of sp³-hybridized carbons (Fsp3) is 0.615. The maximum atomic E-state index is 5.97. The zero-order valence-electron chi connectivity index (χ0n) is 10.1. The molecule has 92 valence electrons. The molecule has 2 fully saturated rings. The number of aromatic nitrogens is 1. The van der Waals surface area contributed by atoms with Gasteiger partial charge in [-0.05, 0) is 49.9 Å². The third-order valence-corrected chi connectivity index (χ3v) is 4.47. The SMILES string of the molecule is Cc1cc(N2CC[C@@H]3CNC[C@@H]3C2)cnc1Cl. The van der Waals surface area contributed by atoms with Gasteiger partial charge in [-0.15, -0.1) is 0 Å². The highest BCUT2D eigenvalue weighted by molar-refractivity contribution is 6.30. The summed E-state index contributed by atoms with van der Waals surface area (Å²) in [7, 11) is 0. The van der Waals surface area contributed by atoms with Gasteiger partial charge in [0, 0.05) is 13.1 Å². The van der Waals surface area contributed by atoms with Crippen molar-refractivity contribution >= 4 is 17.3 Å². The smallest absolute Gasteiger partial charge is 0.132 e. The summed E-state index contributed by atoms with van der Waals surface area (Å²) in [5.74, 6) is 1.69. The molecule has 1 aromatic rings. The van der Waals surface area contributed by atoms with Gasteiger partial charge in [0.2, 0.25) is 0 Å². The fourth-order valence-corrected chi connectivity index (χ4v) is 3.09. The molecule has 0 radical (unpaired) electrons. The van der Waals surface area contributed by atoms with Crippen LogP contribution in [0.1, 0.15) is 12.0 Å². The third-order valence-electron chi connectivity index (χ3n) is 4.07. The summed E-state index contributed by atoms with van der Waals surface area (Å²) >= 11 is 5.97. The number of nitrogens with one attached hydrogen (secondary N) is 1. The van der Waals surface area contributed by atoms with Gasteiger partial charge in [-0.1, -0.05) is 11.6 Å². The Hall–Kier alpha value is -0.800. The Morgan fingerprint density at radius 3 is 3.06 bits per heavy atom. The first kappa shape index (κ1) is 11.3. The van der Waals surface area contributed by atoms with E-state index in [0.29, 0.717) is 5.15 Å².